The second-order valence-corrected chi connectivity index (χ2v) is 5.38. The van der Waals surface area contributed by atoms with E-state index in [2.05, 4.69) is 10.3 Å². The number of fused-ring (bicyclic) bond motifs is 1. The fourth-order valence-corrected chi connectivity index (χ4v) is 2.41. The zero-order valence-electron chi connectivity index (χ0n) is 12.7. The van der Waals surface area contributed by atoms with Gasteiger partial charge in [-0.3, -0.25) is 0 Å². The van der Waals surface area contributed by atoms with E-state index in [0.29, 0.717) is 12.1 Å². The lowest BCUT2D eigenvalue weighted by molar-refractivity contribution is -0.142. The lowest BCUT2D eigenvalue weighted by Gasteiger charge is -2.16. The van der Waals surface area contributed by atoms with E-state index in [1.54, 1.807) is 0 Å². The quantitative estimate of drug-likeness (QED) is 0.544. The monoisotopic (exact) mass is 374 g/mol. The number of alkyl halides is 6. The highest BCUT2D eigenvalue weighted by Gasteiger charge is 2.37. The SMILES string of the molecule is Fc1ccc(Nc2cc(C(F)(F)F)nc3c(C(F)(F)F)cccc23)cc1. The van der Waals surface area contributed by atoms with Gasteiger partial charge in [0.25, 0.3) is 0 Å². The van der Waals surface area contributed by atoms with E-state index in [1.807, 2.05) is 0 Å². The topological polar surface area (TPSA) is 24.9 Å². The smallest absolute Gasteiger partial charge is 0.355 e. The first-order chi connectivity index (χ1) is 12.1. The van der Waals surface area contributed by atoms with Gasteiger partial charge in [0.15, 0.2) is 0 Å². The molecule has 0 fully saturated rings. The Kier molecular flexibility index (Phi) is 4.25. The molecule has 1 N–H and O–H groups in total. The maximum atomic E-state index is 13.2. The van der Waals surface area contributed by atoms with Crippen LogP contribution in [0, 0.1) is 5.82 Å². The first-order valence-corrected chi connectivity index (χ1v) is 7.16. The molecule has 0 bridgehead atoms. The summed E-state index contributed by atoms with van der Waals surface area (Å²) in [5.74, 6) is -0.564. The number of aromatic nitrogens is 1. The number of hydrogen-bond acceptors (Lipinski definition) is 2. The Bertz CT molecular complexity index is 944. The van der Waals surface area contributed by atoms with E-state index < -0.39 is 34.9 Å². The number of halogens is 7. The van der Waals surface area contributed by atoms with E-state index in [4.69, 9.17) is 0 Å². The van der Waals surface area contributed by atoms with Crippen LogP contribution in [0.5, 0.6) is 0 Å². The third kappa shape index (κ3) is 3.56. The summed E-state index contributed by atoms with van der Waals surface area (Å²) in [5, 5.41) is 2.45. The average Bonchev–Trinajstić information content (AvgIpc) is 2.54. The van der Waals surface area contributed by atoms with Gasteiger partial charge < -0.3 is 5.32 Å². The summed E-state index contributed by atoms with van der Waals surface area (Å²) < 4.78 is 91.8. The van der Waals surface area contributed by atoms with Crippen molar-refractivity contribution >= 4 is 22.3 Å². The summed E-state index contributed by atoms with van der Waals surface area (Å²) in [7, 11) is 0. The molecule has 3 rings (SSSR count). The molecule has 1 aromatic heterocycles. The second kappa shape index (κ2) is 6.15. The summed E-state index contributed by atoms with van der Waals surface area (Å²) in [6, 6.07) is 8.22. The Morgan fingerprint density at radius 3 is 2.04 bits per heavy atom. The highest BCUT2D eigenvalue weighted by Crippen LogP contribution is 2.39. The number of anilines is 2. The van der Waals surface area contributed by atoms with Crippen LogP contribution in [0.15, 0.2) is 48.5 Å². The number of hydrogen-bond donors (Lipinski definition) is 1. The first kappa shape index (κ1) is 18.0. The number of para-hydroxylation sites is 1. The van der Waals surface area contributed by atoms with Gasteiger partial charge in [-0.25, -0.2) is 9.37 Å². The molecule has 0 aliphatic heterocycles. The third-order valence-electron chi connectivity index (χ3n) is 3.56. The van der Waals surface area contributed by atoms with Crippen molar-refractivity contribution in [3.8, 4) is 0 Å². The van der Waals surface area contributed by atoms with Crippen LogP contribution < -0.4 is 5.32 Å². The minimum Gasteiger partial charge on any atom is -0.355 e. The Labute approximate surface area is 142 Å². The largest absolute Gasteiger partial charge is 0.433 e. The number of nitrogens with zero attached hydrogens (tertiary/aromatic N) is 1. The van der Waals surface area contributed by atoms with Gasteiger partial charge in [0.05, 0.1) is 16.8 Å². The van der Waals surface area contributed by atoms with Crippen molar-refractivity contribution in [1.82, 2.24) is 4.98 Å². The van der Waals surface area contributed by atoms with Gasteiger partial charge in [0.1, 0.15) is 11.5 Å². The fourth-order valence-electron chi connectivity index (χ4n) is 2.41. The van der Waals surface area contributed by atoms with Crippen molar-refractivity contribution in [3.63, 3.8) is 0 Å². The Morgan fingerprint density at radius 2 is 1.46 bits per heavy atom. The van der Waals surface area contributed by atoms with Crippen LogP contribution in [-0.2, 0) is 12.4 Å². The minimum absolute atomic E-state index is 0.142. The number of benzene rings is 2. The maximum absolute atomic E-state index is 13.2. The molecule has 0 amide bonds. The van der Waals surface area contributed by atoms with Crippen LogP contribution in [0.2, 0.25) is 0 Å². The van der Waals surface area contributed by atoms with Crippen LogP contribution in [0.1, 0.15) is 11.3 Å². The molecule has 0 aliphatic carbocycles. The van der Waals surface area contributed by atoms with Gasteiger partial charge in [0.2, 0.25) is 0 Å². The van der Waals surface area contributed by atoms with Gasteiger partial charge in [-0.05, 0) is 36.4 Å². The molecule has 0 spiro atoms. The molecule has 0 radical (unpaired) electrons. The summed E-state index contributed by atoms with van der Waals surface area (Å²) in [5.41, 5.74) is -3.57. The van der Waals surface area contributed by atoms with E-state index in [-0.39, 0.29) is 16.8 Å². The average molecular weight is 374 g/mol. The molecule has 9 heteroatoms. The summed E-state index contributed by atoms with van der Waals surface area (Å²) >= 11 is 0. The summed E-state index contributed by atoms with van der Waals surface area (Å²) in [6.07, 6.45) is -9.81. The molecule has 0 aliphatic rings. The van der Waals surface area contributed by atoms with Gasteiger partial charge in [-0.1, -0.05) is 12.1 Å². The van der Waals surface area contributed by atoms with Crippen molar-refractivity contribution in [2.24, 2.45) is 0 Å². The summed E-state index contributed by atoms with van der Waals surface area (Å²) in [4.78, 5) is 3.18. The predicted octanol–water partition coefficient (Wildman–Crippen LogP) is 6.16. The zero-order chi connectivity index (χ0) is 19.1. The van der Waals surface area contributed by atoms with Gasteiger partial charge in [-0.2, -0.15) is 26.3 Å². The standard InChI is InChI=1S/C17H9F7N2/c18-9-4-6-10(7-5-9)25-13-8-14(17(22,23)24)26-15-11(13)2-1-3-12(15)16(19,20)21/h1-8H,(H,25,26). The van der Waals surface area contributed by atoms with Crippen molar-refractivity contribution < 1.29 is 30.7 Å². The molecule has 136 valence electrons. The molecular formula is C17H9F7N2. The molecule has 3 aromatic rings. The zero-order valence-corrected chi connectivity index (χ0v) is 12.7. The number of nitrogens with one attached hydrogen (secondary N) is 1. The van der Waals surface area contributed by atoms with Gasteiger partial charge in [0, 0.05) is 11.1 Å². The molecule has 1 heterocycles. The molecule has 0 unspecified atom stereocenters. The van der Waals surface area contributed by atoms with Crippen molar-refractivity contribution in [1.29, 1.82) is 0 Å². The van der Waals surface area contributed by atoms with Gasteiger partial charge in [-0.15, -0.1) is 0 Å². The first-order valence-electron chi connectivity index (χ1n) is 7.16. The van der Waals surface area contributed by atoms with Gasteiger partial charge >= 0.3 is 12.4 Å². The highest BCUT2D eigenvalue weighted by molar-refractivity contribution is 5.95. The van der Waals surface area contributed by atoms with Crippen LogP contribution in [0.3, 0.4) is 0 Å². The Balaban J connectivity index is 2.25. The van der Waals surface area contributed by atoms with Crippen LogP contribution in [-0.4, -0.2) is 4.98 Å². The molecule has 26 heavy (non-hydrogen) atoms. The second-order valence-electron chi connectivity index (χ2n) is 5.38. The summed E-state index contributed by atoms with van der Waals surface area (Å²) in [6.45, 7) is 0. The maximum Gasteiger partial charge on any atom is 0.433 e. The molecular weight excluding hydrogens is 365 g/mol. The van der Waals surface area contributed by atoms with E-state index >= 15 is 0 Å². The Hall–Kier alpha value is -2.84. The highest BCUT2D eigenvalue weighted by atomic mass is 19.4. The number of pyridine rings is 1. The Morgan fingerprint density at radius 1 is 0.808 bits per heavy atom. The van der Waals surface area contributed by atoms with E-state index in [1.165, 1.54) is 18.2 Å². The third-order valence-corrected chi connectivity index (χ3v) is 3.56. The van der Waals surface area contributed by atoms with Crippen LogP contribution in [0.25, 0.3) is 10.9 Å². The lowest BCUT2D eigenvalue weighted by Crippen LogP contribution is -2.12. The molecule has 0 saturated heterocycles. The normalized spacial score (nSPS) is 12.4. The molecule has 0 saturated carbocycles. The number of rotatable bonds is 2. The predicted molar refractivity (Wildman–Crippen MR) is 81.4 cm³/mol. The van der Waals surface area contributed by atoms with Crippen LogP contribution in [0.4, 0.5) is 42.1 Å². The minimum atomic E-state index is -4.94. The van der Waals surface area contributed by atoms with E-state index in [9.17, 15) is 30.7 Å². The van der Waals surface area contributed by atoms with Crippen molar-refractivity contribution in [3.05, 3.63) is 65.6 Å². The lowest BCUT2D eigenvalue weighted by atomic mass is 10.1. The molecule has 2 aromatic carbocycles. The molecule has 0 atom stereocenters. The van der Waals surface area contributed by atoms with Crippen molar-refractivity contribution in [2.75, 3.05) is 5.32 Å². The van der Waals surface area contributed by atoms with Crippen LogP contribution >= 0.6 is 0 Å². The van der Waals surface area contributed by atoms with Crippen molar-refractivity contribution in [2.45, 2.75) is 12.4 Å². The van der Waals surface area contributed by atoms with E-state index in [0.717, 1.165) is 18.2 Å². The molecule has 2 nitrogen and oxygen atoms in total. The fraction of sp³-hybridized carbons (Fsp3) is 0.118.